The van der Waals surface area contributed by atoms with Gasteiger partial charge in [0.15, 0.2) is 11.5 Å². The van der Waals surface area contributed by atoms with Crippen molar-refractivity contribution in [2.45, 2.75) is 6.92 Å². The summed E-state index contributed by atoms with van der Waals surface area (Å²) in [6.07, 6.45) is 1.70. The molecule has 23 heavy (non-hydrogen) atoms. The van der Waals surface area contributed by atoms with Gasteiger partial charge < -0.3 is 9.80 Å². The minimum Gasteiger partial charge on any atom is -0.351 e. The second kappa shape index (κ2) is 5.18. The van der Waals surface area contributed by atoms with Crippen molar-refractivity contribution in [2.24, 2.45) is 0 Å². The van der Waals surface area contributed by atoms with Crippen LogP contribution in [0.5, 0.6) is 0 Å². The zero-order valence-corrected chi connectivity index (χ0v) is 13.2. The molecule has 0 saturated carbocycles. The first-order valence-electron chi connectivity index (χ1n) is 7.62. The van der Waals surface area contributed by atoms with Gasteiger partial charge in [-0.2, -0.15) is 0 Å². The summed E-state index contributed by atoms with van der Waals surface area (Å²) in [7, 11) is 2.13. The first kappa shape index (κ1) is 13.9. The third-order valence-corrected chi connectivity index (χ3v) is 4.45. The van der Waals surface area contributed by atoms with Crippen molar-refractivity contribution in [1.29, 1.82) is 0 Å². The SMILES string of the molecule is [C-]#[N+]c1cc2c(cc1C)nc(N1CCN(C)CC1)c1nncn12. The summed E-state index contributed by atoms with van der Waals surface area (Å²) in [5.74, 6) is 0.873. The van der Waals surface area contributed by atoms with Gasteiger partial charge in [-0.05, 0) is 31.7 Å². The summed E-state index contributed by atoms with van der Waals surface area (Å²) in [4.78, 5) is 13.0. The molecule has 0 atom stereocenters. The largest absolute Gasteiger partial charge is 0.351 e. The highest BCUT2D eigenvalue weighted by Crippen LogP contribution is 2.29. The quantitative estimate of drug-likeness (QED) is 0.643. The molecule has 3 aromatic rings. The van der Waals surface area contributed by atoms with E-state index in [0.29, 0.717) is 5.69 Å². The van der Waals surface area contributed by atoms with E-state index in [1.54, 1.807) is 6.33 Å². The van der Waals surface area contributed by atoms with Crippen molar-refractivity contribution in [2.75, 3.05) is 38.1 Å². The molecule has 0 spiro atoms. The molecule has 0 unspecified atom stereocenters. The van der Waals surface area contributed by atoms with Crippen LogP contribution >= 0.6 is 0 Å². The van der Waals surface area contributed by atoms with E-state index in [2.05, 4.69) is 31.9 Å². The first-order chi connectivity index (χ1) is 11.2. The van der Waals surface area contributed by atoms with Crippen molar-refractivity contribution in [3.63, 3.8) is 0 Å². The van der Waals surface area contributed by atoms with Gasteiger partial charge >= 0.3 is 0 Å². The van der Waals surface area contributed by atoms with Crippen LogP contribution in [-0.2, 0) is 0 Å². The number of aryl methyl sites for hydroxylation is 1. The van der Waals surface area contributed by atoms with E-state index in [1.807, 2.05) is 23.5 Å². The molecule has 1 aliphatic heterocycles. The highest BCUT2D eigenvalue weighted by atomic mass is 15.3. The molecule has 3 heterocycles. The third kappa shape index (κ3) is 2.19. The Labute approximate surface area is 134 Å². The number of piperazine rings is 1. The second-order valence-corrected chi connectivity index (χ2v) is 5.99. The van der Waals surface area contributed by atoms with Crippen molar-refractivity contribution >= 4 is 28.2 Å². The van der Waals surface area contributed by atoms with E-state index in [1.165, 1.54) is 0 Å². The molecule has 4 rings (SSSR count). The van der Waals surface area contributed by atoms with Gasteiger partial charge in [0.2, 0.25) is 5.65 Å². The minimum atomic E-state index is 0.640. The highest BCUT2D eigenvalue weighted by molar-refractivity contribution is 5.87. The van der Waals surface area contributed by atoms with Gasteiger partial charge in [0.05, 0.1) is 17.6 Å². The molecule has 116 valence electrons. The van der Waals surface area contributed by atoms with Gasteiger partial charge in [0.25, 0.3) is 0 Å². The topological polar surface area (TPSA) is 53.9 Å². The second-order valence-electron chi connectivity index (χ2n) is 5.99. The fraction of sp³-hybridized carbons (Fsp3) is 0.375. The maximum Gasteiger partial charge on any atom is 0.204 e. The van der Waals surface area contributed by atoms with Crippen LogP contribution in [0, 0.1) is 13.5 Å². The Bertz CT molecular complexity index is 929. The molecule has 1 aliphatic rings. The third-order valence-electron chi connectivity index (χ3n) is 4.45. The lowest BCUT2D eigenvalue weighted by Gasteiger charge is -2.33. The van der Waals surface area contributed by atoms with Crippen LogP contribution in [0.15, 0.2) is 18.5 Å². The summed E-state index contributed by atoms with van der Waals surface area (Å²) in [6, 6.07) is 3.84. The predicted octanol–water partition coefficient (Wildman–Crippen LogP) is 1.89. The molecule has 7 heteroatoms. The zero-order chi connectivity index (χ0) is 16.0. The lowest BCUT2D eigenvalue weighted by molar-refractivity contribution is 0.312. The van der Waals surface area contributed by atoms with Crippen molar-refractivity contribution in [3.05, 3.63) is 35.4 Å². The molecule has 0 radical (unpaired) electrons. The highest BCUT2D eigenvalue weighted by Gasteiger charge is 2.20. The maximum atomic E-state index is 7.30. The van der Waals surface area contributed by atoms with E-state index < -0.39 is 0 Å². The fourth-order valence-electron chi connectivity index (χ4n) is 3.03. The van der Waals surface area contributed by atoms with E-state index in [0.717, 1.165) is 54.2 Å². The van der Waals surface area contributed by atoms with Crippen LogP contribution < -0.4 is 4.90 Å². The van der Waals surface area contributed by atoms with Crippen LogP contribution in [0.1, 0.15) is 5.56 Å². The van der Waals surface area contributed by atoms with E-state index in [9.17, 15) is 0 Å². The molecule has 1 fully saturated rings. The van der Waals surface area contributed by atoms with Crippen LogP contribution in [0.3, 0.4) is 0 Å². The molecule has 7 nitrogen and oxygen atoms in total. The fourth-order valence-corrected chi connectivity index (χ4v) is 3.03. The average Bonchev–Trinajstić information content (AvgIpc) is 3.04. The van der Waals surface area contributed by atoms with Crippen LogP contribution in [0.25, 0.3) is 21.5 Å². The number of aromatic nitrogens is 4. The maximum absolute atomic E-state index is 7.30. The number of nitrogens with zero attached hydrogens (tertiary/aromatic N) is 7. The molecule has 1 aromatic carbocycles. The Morgan fingerprint density at radius 3 is 2.70 bits per heavy atom. The summed E-state index contributed by atoms with van der Waals surface area (Å²) < 4.78 is 1.93. The normalized spacial score (nSPS) is 16.1. The average molecular weight is 307 g/mol. The standard InChI is InChI=1S/C16H17N7/c1-11-8-13-14(9-12(11)17-2)23-10-18-20-16(23)15(19-13)22-6-4-21(3)5-7-22/h8-10H,4-7H2,1,3H3. The summed E-state index contributed by atoms with van der Waals surface area (Å²) in [5, 5.41) is 8.32. The van der Waals surface area contributed by atoms with Crippen LogP contribution in [-0.4, -0.2) is 57.7 Å². The van der Waals surface area contributed by atoms with E-state index in [4.69, 9.17) is 11.6 Å². The van der Waals surface area contributed by atoms with Crippen molar-refractivity contribution < 1.29 is 0 Å². The Balaban J connectivity index is 1.94. The van der Waals surface area contributed by atoms with E-state index >= 15 is 0 Å². The van der Waals surface area contributed by atoms with Crippen LogP contribution in [0.4, 0.5) is 11.5 Å². The molecule has 0 aliphatic carbocycles. The van der Waals surface area contributed by atoms with Gasteiger partial charge in [-0.3, -0.25) is 4.40 Å². The number of hydrogen-bond donors (Lipinski definition) is 0. The molecule has 1 saturated heterocycles. The summed E-state index contributed by atoms with van der Waals surface area (Å²) >= 11 is 0. The number of anilines is 1. The molecule has 0 N–H and O–H groups in total. The van der Waals surface area contributed by atoms with Gasteiger partial charge in [0.1, 0.15) is 6.33 Å². The lowest BCUT2D eigenvalue weighted by atomic mass is 10.1. The molecule has 0 bridgehead atoms. The van der Waals surface area contributed by atoms with Gasteiger partial charge in [-0.25, -0.2) is 9.83 Å². The number of rotatable bonds is 1. The van der Waals surface area contributed by atoms with Gasteiger partial charge in [-0.15, -0.1) is 10.2 Å². The Morgan fingerprint density at radius 2 is 1.96 bits per heavy atom. The predicted molar refractivity (Wildman–Crippen MR) is 89.0 cm³/mol. The molecule has 2 aromatic heterocycles. The Kier molecular flexibility index (Phi) is 3.13. The smallest absolute Gasteiger partial charge is 0.204 e. The van der Waals surface area contributed by atoms with E-state index in [-0.39, 0.29) is 0 Å². The Hall–Kier alpha value is -2.72. The van der Waals surface area contributed by atoms with Gasteiger partial charge in [0, 0.05) is 26.2 Å². The molecular formula is C16H17N7. The molecular weight excluding hydrogens is 290 g/mol. The number of likely N-dealkylation sites (N-methyl/N-ethyl adjacent to an activating group) is 1. The minimum absolute atomic E-state index is 0.640. The number of hydrogen-bond acceptors (Lipinski definition) is 5. The summed E-state index contributed by atoms with van der Waals surface area (Å²) in [6.45, 7) is 13.1. The van der Waals surface area contributed by atoms with Crippen LogP contribution in [0.2, 0.25) is 0 Å². The lowest BCUT2D eigenvalue weighted by Crippen LogP contribution is -2.45. The molecule has 0 amide bonds. The first-order valence-corrected chi connectivity index (χ1v) is 7.62. The number of fused-ring (bicyclic) bond motifs is 3. The zero-order valence-electron chi connectivity index (χ0n) is 13.2. The number of benzene rings is 1. The Morgan fingerprint density at radius 1 is 1.17 bits per heavy atom. The van der Waals surface area contributed by atoms with Crippen molar-refractivity contribution in [3.8, 4) is 0 Å². The van der Waals surface area contributed by atoms with Crippen molar-refractivity contribution in [1.82, 2.24) is 24.5 Å². The summed E-state index contributed by atoms with van der Waals surface area (Å²) in [5.41, 5.74) is 4.08. The monoisotopic (exact) mass is 307 g/mol. The van der Waals surface area contributed by atoms with Gasteiger partial charge in [-0.1, -0.05) is 0 Å².